The Morgan fingerprint density at radius 1 is 1.25 bits per heavy atom. The Bertz CT molecular complexity index is 939. The van der Waals surface area contributed by atoms with Gasteiger partial charge in [-0.2, -0.15) is 5.06 Å². The van der Waals surface area contributed by atoms with Crippen LogP contribution in [-0.4, -0.2) is 52.0 Å². The topological polar surface area (TPSA) is 97.1 Å². The summed E-state index contributed by atoms with van der Waals surface area (Å²) in [6, 6.07) is 11.4. The van der Waals surface area contributed by atoms with Gasteiger partial charge in [0.25, 0.3) is 0 Å². The van der Waals surface area contributed by atoms with Gasteiger partial charge in [-0.05, 0) is 39.2 Å². The zero-order chi connectivity index (χ0) is 22.7. The molecule has 1 aromatic heterocycles. The van der Waals surface area contributed by atoms with Gasteiger partial charge in [0.2, 0.25) is 0 Å². The van der Waals surface area contributed by atoms with Gasteiger partial charge in [0.15, 0.2) is 0 Å². The van der Waals surface area contributed by atoms with Crippen LogP contribution in [0.25, 0.3) is 0 Å². The lowest BCUT2D eigenvalue weighted by molar-refractivity contribution is -0.140. The molecule has 9 heteroatoms. The van der Waals surface area contributed by atoms with Crippen LogP contribution in [0.5, 0.6) is 0 Å². The average molecular weight is 443 g/mol. The summed E-state index contributed by atoms with van der Waals surface area (Å²) >= 11 is 0. The summed E-state index contributed by atoms with van der Waals surface area (Å²) in [6.07, 6.45) is 1.66. The molecule has 9 nitrogen and oxygen atoms in total. The van der Waals surface area contributed by atoms with E-state index in [1.165, 1.54) is 5.06 Å². The van der Waals surface area contributed by atoms with Crippen LogP contribution in [0.2, 0.25) is 0 Å². The van der Waals surface area contributed by atoms with Gasteiger partial charge in [0.1, 0.15) is 23.7 Å². The second kappa shape index (κ2) is 9.20. The first-order valence-corrected chi connectivity index (χ1v) is 11.0. The van der Waals surface area contributed by atoms with Crippen LogP contribution in [0.3, 0.4) is 0 Å². The number of hydroxylamine groups is 2. The summed E-state index contributed by atoms with van der Waals surface area (Å²) < 4.78 is 10.7. The monoisotopic (exact) mass is 442 g/mol. The first-order chi connectivity index (χ1) is 15.3. The minimum absolute atomic E-state index is 0.0480. The number of alkyl carbamates (subject to hydrolysis) is 1. The van der Waals surface area contributed by atoms with Crippen molar-refractivity contribution in [2.45, 2.75) is 64.3 Å². The van der Waals surface area contributed by atoms with Gasteiger partial charge >= 0.3 is 12.1 Å². The molecule has 2 unspecified atom stereocenters. The number of hydrogen-bond acceptors (Lipinski definition) is 6. The SMILES string of the molecule is CC(C)(C)OC(=O)NCCc1cc(C2CCC3CN2C(=O)N3OCc2ccccc2)no1. The first kappa shape index (κ1) is 22.1. The zero-order valence-electron chi connectivity index (χ0n) is 18.7. The minimum atomic E-state index is -0.538. The van der Waals surface area contributed by atoms with E-state index in [9.17, 15) is 9.59 Å². The lowest BCUT2D eigenvalue weighted by atomic mass is 9.98. The number of urea groups is 1. The highest BCUT2D eigenvalue weighted by molar-refractivity contribution is 5.77. The summed E-state index contributed by atoms with van der Waals surface area (Å²) in [7, 11) is 0. The summed E-state index contributed by atoms with van der Waals surface area (Å²) in [4.78, 5) is 32.4. The van der Waals surface area contributed by atoms with Crippen molar-refractivity contribution >= 4 is 12.1 Å². The molecule has 2 aromatic rings. The number of carbonyl (C=O) groups is 2. The van der Waals surface area contributed by atoms with Crippen molar-refractivity contribution in [3.05, 3.63) is 53.4 Å². The van der Waals surface area contributed by atoms with E-state index in [2.05, 4.69) is 10.5 Å². The van der Waals surface area contributed by atoms with Crippen molar-refractivity contribution in [3.8, 4) is 0 Å². The van der Waals surface area contributed by atoms with Crippen LogP contribution in [0.1, 0.15) is 56.7 Å². The molecule has 2 atom stereocenters. The fourth-order valence-electron chi connectivity index (χ4n) is 4.03. The summed E-state index contributed by atoms with van der Waals surface area (Å²) in [5.41, 5.74) is 1.21. The molecule has 4 rings (SSSR count). The summed E-state index contributed by atoms with van der Waals surface area (Å²) in [6.45, 7) is 6.80. The van der Waals surface area contributed by atoms with Gasteiger partial charge < -0.3 is 19.5 Å². The summed E-state index contributed by atoms with van der Waals surface area (Å²) in [5, 5.41) is 8.41. The molecule has 2 saturated heterocycles. The number of nitrogens with zero attached hydrogens (tertiary/aromatic N) is 3. The maximum absolute atomic E-state index is 13.0. The maximum Gasteiger partial charge on any atom is 0.407 e. The van der Waals surface area contributed by atoms with E-state index < -0.39 is 11.7 Å². The lowest BCUT2D eigenvalue weighted by Gasteiger charge is -2.28. The normalized spacial score (nSPS) is 20.5. The fourth-order valence-corrected chi connectivity index (χ4v) is 4.03. The van der Waals surface area contributed by atoms with Gasteiger partial charge in [-0.1, -0.05) is 35.5 Å². The van der Waals surface area contributed by atoms with Gasteiger partial charge in [-0.15, -0.1) is 0 Å². The van der Waals surface area contributed by atoms with Gasteiger partial charge in [0, 0.05) is 25.6 Å². The van der Waals surface area contributed by atoms with E-state index in [0.717, 1.165) is 24.1 Å². The molecule has 2 fully saturated rings. The fraction of sp³-hybridized carbons (Fsp3) is 0.522. The Morgan fingerprint density at radius 3 is 2.78 bits per heavy atom. The number of hydrogen-bond donors (Lipinski definition) is 1. The highest BCUT2D eigenvalue weighted by Gasteiger charge is 2.46. The van der Waals surface area contributed by atoms with Crippen molar-refractivity contribution in [3.63, 3.8) is 0 Å². The molecule has 2 bridgehead atoms. The molecule has 172 valence electrons. The quantitative estimate of drug-likeness (QED) is 0.700. The molecule has 1 N–H and O–H groups in total. The number of piperidine rings is 1. The summed E-state index contributed by atoms with van der Waals surface area (Å²) in [5.74, 6) is 0.655. The molecule has 3 heterocycles. The maximum atomic E-state index is 13.0. The van der Waals surface area contributed by atoms with Gasteiger partial charge in [0.05, 0.1) is 12.1 Å². The number of aromatic nitrogens is 1. The van der Waals surface area contributed by atoms with E-state index in [0.29, 0.717) is 31.9 Å². The molecule has 0 radical (unpaired) electrons. The van der Waals surface area contributed by atoms with E-state index in [1.807, 2.05) is 57.2 Å². The average Bonchev–Trinajstić information content (AvgIpc) is 3.30. The minimum Gasteiger partial charge on any atom is -0.444 e. The Balaban J connectivity index is 1.30. The van der Waals surface area contributed by atoms with Gasteiger partial charge in [-0.3, -0.25) is 4.84 Å². The van der Waals surface area contributed by atoms with E-state index in [4.69, 9.17) is 14.1 Å². The van der Waals surface area contributed by atoms with Gasteiger partial charge in [-0.25, -0.2) is 9.59 Å². The molecule has 32 heavy (non-hydrogen) atoms. The third-order valence-corrected chi connectivity index (χ3v) is 5.49. The predicted octanol–water partition coefficient (Wildman–Crippen LogP) is 3.81. The highest BCUT2D eigenvalue weighted by atomic mass is 16.7. The second-order valence-electron chi connectivity index (χ2n) is 9.16. The van der Waals surface area contributed by atoms with E-state index in [-0.39, 0.29) is 18.1 Å². The molecule has 3 amide bonds. The molecule has 2 aliphatic heterocycles. The predicted molar refractivity (Wildman–Crippen MR) is 115 cm³/mol. The van der Waals surface area contributed by atoms with Crippen LogP contribution in [0, 0.1) is 0 Å². The van der Waals surface area contributed by atoms with E-state index in [1.54, 1.807) is 4.90 Å². The van der Waals surface area contributed by atoms with Crippen LogP contribution >= 0.6 is 0 Å². The Kier molecular flexibility index (Phi) is 6.36. The van der Waals surface area contributed by atoms with E-state index >= 15 is 0 Å². The molecular weight excluding hydrogens is 412 g/mol. The number of amides is 3. The number of benzene rings is 1. The molecule has 0 spiro atoms. The largest absolute Gasteiger partial charge is 0.444 e. The number of carbonyl (C=O) groups excluding carboxylic acids is 2. The van der Waals surface area contributed by atoms with Crippen LogP contribution in [-0.2, 0) is 22.6 Å². The van der Waals surface area contributed by atoms with Crippen molar-refractivity contribution in [1.82, 2.24) is 20.4 Å². The molecule has 0 saturated carbocycles. The number of fused-ring (bicyclic) bond motifs is 2. The first-order valence-electron chi connectivity index (χ1n) is 11.0. The Labute approximate surface area is 187 Å². The number of ether oxygens (including phenoxy) is 1. The van der Waals surface area contributed by atoms with Crippen molar-refractivity contribution in [2.24, 2.45) is 0 Å². The third-order valence-electron chi connectivity index (χ3n) is 5.49. The second-order valence-corrected chi connectivity index (χ2v) is 9.16. The van der Waals surface area contributed by atoms with Crippen LogP contribution in [0.15, 0.2) is 40.9 Å². The Hall–Kier alpha value is -3.07. The standard InChI is InChI=1S/C23H30N4O5/c1-23(2,3)31-21(28)24-12-11-18-13-19(25-32-18)20-10-9-17-14-26(20)22(29)27(17)30-15-16-7-5-4-6-8-16/h4-8,13,17,20H,9-12,14-15H2,1-3H3,(H,24,28). The molecule has 2 aliphatic rings. The van der Waals surface area contributed by atoms with Crippen LogP contribution < -0.4 is 5.32 Å². The lowest BCUT2D eigenvalue weighted by Crippen LogP contribution is -2.34. The Morgan fingerprint density at radius 2 is 2.03 bits per heavy atom. The van der Waals surface area contributed by atoms with Crippen molar-refractivity contribution in [2.75, 3.05) is 13.1 Å². The molecule has 1 aromatic carbocycles. The molecular formula is C23H30N4O5. The number of nitrogens with one attached hydrogen (secondary N) is 1. The highest BCUT2D eigenvalue weighted by Crippen LogP contribution is 2.38. The third kappa shape index (κ3) is 5.21. The smallest absolute Gasteiger partial charge is 0.407 e. The zero-order valence-corrected chi connectivity index (χ0v) is 18.7. The van der Waals surface area contributed by atoms with Crippen molar-refractivity contribution in [1.29, 1.82) is 0 Å². The number of rotatable bonds is 7. The molecule has 0 aliphatic carbocycles. The van der Waals surface area contributed by atoms with Crippen LogP contribution in [0.4, 0.5) is 9.59 Å². The van der Waals surface area contributed by atoms with Crippen molar-refractivity contribution < 1.29 is 23.7 Å².